The quantitative estimate of drug-likeness (QED) is 0.319. The predicted octanol–water partition coefficient (Wildman–Crippen LogP) is 6.38. The molecule has 0 atom stereocenters. The normalized spacial score (nSPS) is 13.6. The van der Waals surface area contributed by atoms with Gasteiger partial charge in [-0.3, -0.25) is 0 Å². The summed E-state index contributed by atoms with van der Waals surface area (Å²) in [6, 6.07) is 23.8. The van der Waals surface area contributed by atoms with Crippen molar-refractivity contribution in [3.05, 3.63) is 118 Å². The van der Waals surface area contributed by atoms with E-state index >= 15 is 0 Å². The van der Waals surface area contributed by atoms with Gasteiger partial charge in [0.05, 0.1) is 25.3 Å². The minimum Gasteiger partial charge on any atom is -0.472 e. The standard InChI is InChI=1S/C31H26O5/c1-19-9-13-21(14-10-19)31(22-15-11-20(2)12-16-22)18-17-25-27(30(33)35-4)26(29(32)34-3)23-7-5-6-8-24(23)28(25)36-31/h5-18H,1-4H3. The molecule has 0 unspecified atom stereocenters. The van der Waals surface area contributed by atoms with E-state index in [1.54, 1.807) is 6.07 Å². The van der Waals surface area contributed by atoms with Crippen molar-refractivity contribution in [3.63, 3.8) is 0 Å². The molecule has 5 heteroatoms. The molecule has 4 aromatic carbocycles. The maximum absolute atomic E-state index is 13.0. The number of methoxy groups -OCH3 is 2. The lowest BCUT2D eigenvalue weighted by Gasteiger charge is -2.37. The molecule has 1 heterocycles. The average molecular weight is 479 g/mol. The van der Waals surface area contributed by atoms with Crippen LogP contribution in [0.5, 0.6) is 5.75 Å². The van der Waals surface area contributed by atoms with E-state index < -0.39 is 17.5 Å². The van der Waals surface area contributed by atoms with Crippen LogP contribution in [0.25, 0.3) is 16.8 Å². The lowest BCUT2D eigenvalue weighted by atomic mass is 9.81. The molecule has 1 aliphatic rings. The van der Waals surface area contributed by atoms with Crippen molar-refractivity contribution >= 4 is 28.8 Å². The van der Waals surface area contributed by atoms with Gasteiger partial charge in [-0.15, -0.1) is 0 Å². The summed E-state index contributed by atoms with van der Waals surface area (Å²) in [5.74, 6) is -0.747. The second kappa shape index (κ2) is 9.00. The maximum atomic E-state index is 13.0. The highest BCUT2D eigenvalue weighted by atomic mass is 16.5. The van der Waals surface area contributed by atoms with E-state index in [9.17, 15) is 9.59 Å². The number of benzene rings is 4. The Kier molecular flexibility index (Phi) is 5.84. The van der Waals surface area contributed by atoms with Crippen LogP contribution < -0.4 is 4.74 Å². The Balaban J connectivity index is 1.86. The number of ether oxygens (including phenoxy) is 3. The van der Waals surface area contributed by atoms with Crippen molar-refractivity contribution in [1.29, 1.82) is 0 Å². The molecule has 0 bridgehead atoms. The van der Waals surface area contributed by atoms with Crippen LogP contribution in [-0.2, 0) is 15.1 Å². The van der Waals surface area contributed by atoms with Crippen LogP contribution >= 0.6 is 0 Å². The van der Waals surface area contributed by atoms with E-state index in [1.807, 2.05) is 44.2 Å². The zero-order valence-corrected chi connectivity index (χ0v) is 20.6. The van der Waals surface area contributed by atoms with Gasteiger partial charge < -0.3 is 14.2 Å². The van der Waals surface area contributed by atoms with E-state index in [0.29, 0.717) is 22.1 Å². The lowest BCUT2D eigenvalue weighted by Crippen LogP contribution is -2.35. The fourth-order valence-corrected chi connectivity index (χ4v) is 4.80. The number of rotatable bonds is 4. The second-order valence-electron chi connectivity index (χ2n) is 8.92. The third-order valence-corrected chi connectivity index (χ3v) is 6.69. The number of carbonyl (C=O) groups is 2. The van der Waals surface area contributed by atoms with Crippen molar-refractivity contribution in [2.45, 2.75) is 19.4 Å². The molecule has 0 aliphatic carbocycles. The van der Waals surface area contributed by atoms with Crippen molar-refractivity contribution in [3.8, 4) is 5.75 Å². The van der Waals surface area contributed by atoms with Gasteiger partial charge in [0.2, 0.25) is 0 Å². The fraction of sp³-hybridized carbons (Fsp3) is 0.161. The van der Waals surface area contributed by atoms with Gasteiger partial charge in [-0.2, -0.15) is 0 Å². The summed E-state index contributed by atoms with van der Waals surface area (Å²) in [5.41, 5.74) is 3.98. The van der Waals surface area contributed by atoms with Gasteiger partial charge in [0.15, 0.2) is 5.60 Å². The van der Waals surface area contributed by atoms with Crippen LogP contribution in [0.3, 0.4) is 0 Å². The Labute approximate surface area is 209 Å². The van der Waals surface area contributed by atoms with Crippen LogP contribution in [0.2, 0.25) is 0 Å². The first-order chi connectivity index (χ1) is 17.4. The molecule has 1 aliphatic heterocycles. The Hall–Kier alpha value is -4.38. The van der Waals surface area contributed by atoms with E-state index in [0.717, 1.165) is 22.3 Å². The van der Waals surface area contributed by atoms with E-state index in [1.165, 1.54) is 14.2 Å². The third-order valence-electron chi connectivity index (χ3n) is 6.69. The molecule has 5 nitrogen and oxygen atoms in total. The number of aryl methyl sites for hydroxylation is 2. The SMILES string of the molecule is COC(=O)c1c2c(c3ccccc3c1C(=O)OC)OC(c1ccc(C)cc1)(c1ccc(C)cc1)C=C2. The maximum Gasteiger partial charge on any atom is 0.339 e. The third kappa shape index (κ3) is 3.64. The summed E-state index contributed by atoms with van der Waals surface area (Å²) in [7, 11) is 2.59. The zero-order valence-electron chi connectivity index (χ0n) is 20.6. The monoisotopic (exact) mass is 478 g/mol. The number of carbonyl (C=O) groups excluding carboxylic acids is 2. The number of fused-ring (bicyclic) bond motifs is 3. The lowest BCUT2D eigenvalue weighted by molar-refractivity contribution is 0.0555. The van der Waals surface area contributed by atoms with Gasteiger partial charge in [-0.1, -0.05) is 83.9 Å². The largest absolute Gasteiger partial charge is 0.472 e. The van der Waals surface area contributed by atoms with Gasteiger partial charge in [0.1, 0.15) is 5.75 Å². The molecule has 5 rings (SSSR count). The molecule has 0 fully saturated rings. The fourth-order valence-electron chi connectivity index (χ4n) is 4.80. The Bertz CT molecular complexity index is 1470. The summed E-state index contributed by atoms with van der Waals surface area (Å²) in [4.78, 5) is 25.9. The van der Waals surface area contributed by atoms with Gasteiger partial charge >= 0.3 is 11.9 Å². The number of hydrogen-bond donors (Lipinski definition) is 0. The first kappa shape index (κ1) is 23.4. The molecule has 0 saturated carbocycles. The Morgan fingerprint density at radius 3 is 1.72 bits per heavy atom. The van der Waals surface area contributed by atoms with E-state index in [2.05, 4.69) is 48.5 Å². The van der Waals surface area contributed by atoms with Crippen molar-refractivity contribution in [2.75, 3.05) is 14.2 Å². The summed E-state index contributed by atoms with van der Waals surface area (Å²) < 4.78 is 17.1. The minimum atomic E-state index is -0.947. The average Bonchev–Trinajstić information content (AvgIpc) is 2.92. The Morgan fingerprint density at radius 2 is 1.19 bits per heavy atom. The molecule has 0 saturated heterocycles. The molecular formula is C31H26O5. The highest BCUT2D eigenvalue weighted by Gasteiger charge is 2.40. The molecule has 0 aromatic heterocycles. The molecular weight excluding hydrogens is 452 g/mol. The predicted molar refractivity (Wildman–Crippen MR) is 139 cm³/mol. The van der Waals surface area contributed by atoms with E-state index in [4.69, 9.17) is 14.2 Å². The number of hydrogen-bond acceptors (Lipinski definition) is 5. The topological polar surface area (TPSA) is 61.8 Å². The molecule has 0 radical (unpaired) electrons. The van der Waals surface area contributed by atoms with Crippen LogP contribution in [0.4, 0.5) is 0 Å². The first-order valence-corrected chi connectivity index (χ1v) is 11.7. The van der Waals surface area contributed by atoms with Crippen LogP contribution in [0.15, 0.2) is 78.9 Å². The van der Waals surface area contributed by atoms with Gasteiger partial charge in [0, 0.05) is 27.5 Å². The minimum absolute atomic E-state index is 0.121. The zero-order chi connectivity index (χ0) is 25.4. The molecule has 180 valence electrons. The molecule has 4 aromatic rings. The highest BCUT2D eigenvalue weighted by molar-refractivity contribution is 6.17. The smallest absolute Gasteiger partial charge is 0.339 e. The van der Waals surface area contributed by atoms with Gasteiger partial charge in [-0.25, -0.2) is 9.59 Å². The summed E-state index contributed by atoms with van der Waals surface area (Å²) in [6.45, 7) is 4.08. The van der Waals surface area contributed by atoms with Gasteiger partial charge in [0.25, 0.3) is 0 Å². The van der Waals surface area contributed by atoms with Crippen molar-refractivity contribution < 1.29 is 23.8 Å². The first-order valence-electron chi connectivity index (χ1n) is 11.7. The van der Waals surface area contributed by atoms with Crippen LogP contribution in [-0.4, -0.2) is 26.2 Å². The van der Waals surface area contributed by atoms with Gasteiger partial charge in [-0.05, 0) is 26.0 Å². The summed E-state index contributed by atoms with van der Waals surface area (Å²) in [6.07, 6.45) is 3.79. The van der Waals surface area contributed by atoms with Crippen LogP contribution in [0.1, 0.15) is 48.5 Å². The number of esters is 2. The van der Waals surface area contributed by atoms with Crippen LogP contribution in [0, 0.1) is 13.8 Å². The van der Waals surface area contributed by atoms with Crippen molar-refractivity contribution in [1.82, 2.24) is 0 Å². The molecule has 0 spiro atoms. The Morgan fingerprint density at radius 1 is 0.694 bits per heavy atom. The highest BCUT2D eigenvalue weighted by Crippen LogP contribution is 2.47. The molecule has 0 N–H and O–H groups in total. The summed E-state index contributed by atoms with van der Waals surface area (Å²) in [5, 5.41) is 1.26. The van der Waals surface area contributed by atoms with E-state index in [-0.39, 0.29) is 11.1 Å². The van der Waals surface area contributed by atoms with Crippen molar-refractivity contribution in [2.24, 2.45) is 0 Å². The molecule has 36 heavy (non-hydrogen) atoms. The summed E-state index contributed by atoms with van der Waals surface area (Å²) >= 11 is 0. The second-order valence-corrected chi connectivity index (χ2v) is 8.92. The molecule has 0 amide bonds.